The van der Waals surface area contributed by atoms with Crippen molar-refractivity contribution in [3.8, 4) is 0 Å². The molecule has 114 valence electrons. The van der Waals surface area contributed by atoms with Crippen LogP contribution in [0.3, 0.4) is 0 Å². The van der Waals surface area contributed by atoms with Crippen LogP contribution in [0.5, 0.6) is 0 Å². The third-order valence-corrected chi connectivity index (χ3v) is 2.94. The lowest BCUT2D eigenvalue weighted by Gasteiger charge is -2.10. The summed E-state index contributed by atoms with van der Waals surface area (Å²) in [6, 6.07) is 11.9. The number of carbonyl (C=O) groups excluding carboxylic acids is 3. The summed E-state index contributed by atoms with van der Waals surface area (Å²) in [4.78, 5) is 33.5. The highest BCUT2D eigenvalue weighted by Gasteiger charge is 2.07. The first-order valence-electron chi connectivity index (χ1n) is 6.68. The number of anilines is 1. The van der Waals surface area contributed by atoms with E-state index in [-0.39, 0.29) is 13.0 Å². The van der Waals surface area contributed by atoms with E-state index in [1.807, 2.05) is 41.7 Å². The summed E-state index contributed by atoms with van der Waals surface area (Å²) in [7, 11) is 0. The molecule has 7 heteroatoms. The smallest absolute Gasteiger partial charge is 0.319 e. The maximum absolute atomic E-state index is 11.8. The molecule has 5 amide bonds. The van der Waals surface area contributed by atoms with E-state index in [1.165, 1.54) is 0 Å². The van der Waals surface area contributed by atoms with E-state index in [0.29, 0.717) is 5.69 Å². The third-order valence-electron chi connectivity index (χ3n) is 2.94. The van der Waals surface area contributed by atoms with Crippen molar-refractivity contribution in [3.63, 3.8) is 0 Å². The molecule has 2 aromatic carbocycles. The second-order valence-electron chi connectivity index (χ2n) is 4.57. The minimum atomic E-state index is -0.912. The molecule has 0 fully saturated rings. The van der Waals surface area contributed by atoms with E-state index in [1.54, 1.807) is 6.07 Å². The molecule has 2 rings (SSSR count). The Kier molecular flexibility index (Phi) is 4.92. The van der Waals surface area contributed by atoms with E-state index < -0.39 is 18.0 Å². The molecule has 0 atom stereocenters. The third kappa shape index (κ3) is 4.20. The lowest BCUT2D eigenvalue weighted by Crippen LogP contribution is -2.38. The van der Waals surface area contributed by atoms with Crippen molar-refractivity contribution in [1.29, 1.82) is 0 Å². The molecule has 0 heterocycles. The average molecular weight is 300 g/mol. The number of primary amides is 1. The van der Waals surface area contributed by atoms with Gasteiger partial charge in [-0.3, -0.25) is 10.1 Å². The first-order chi connectivity index (χ1) is 10.6. The van der Waals surface area contributed by atoms with Crippen molar-refractivity contribution < 1.29 is 14.4 Å². The van der Waals surface area contributed by atoms with E-state index in [9.17, 15) is 14.4 Å². The Bertz CT molecular complexity index is 710. The van der Waals surface area contributed by atoms with Crippen molar-refractivity contribution in [2.24, 2.45) is 5.73 Å². The molecule has 0 bridgehead atoms. The SMILES string of the molecule is NC(=O)NC(=O)CCNC(=O)Nc1cccc2ccccc12. The van der Waals surface area contributed by atoms with Gasteiger partial charge >= 0.3 is 12.1 Å². The lowest BCUT2D eigenvalue weighted by atomic mass is 10.1. The zero-order chi connectivity index (χ0) is 15.9. The van der Waals surface area contributed by atoms with Gasteiger partial charge in [0.15, 0.2) is 0 Å². The van der Waals surface area contributed by atoms with Gasteiger partial charge in [-0.2, -0.15) is 0 Å². The van der Waals surface area contributed by atoms with Crippen molar-refractivity contribution in [2.45, 2.75) is 6.42 Å². The van der Waals surface area contributed by atoms with Crippen LogP contribution in [0, 0.1) is 0 Å². The summed E-state index contributed by atoms with van der Waals surface area (Å²) in [6.07, 6.45) is -0.0358. The van der Waals surface area contributed by atoms with Gasteiger partial charge in [0.05, 0.1) is 5.69 Å². The van der Waals surface area contributed by atoms with Gasteiger partial charge in [-0.1, -0.05) is 36.4 Å². The van der Waals surface area contributed by atoms with Gasteiger partial charge in [0.1, 0.15) is 0 Å². The molecule has 7 nitrogen and oxygen atoms in total. The Labute approximate surface area is 126 Å². The number of rotatable bonds is 4. The van der Waals surface area contributed by atoms with Crippen LogP contribution in [0.25, 0.3) is 10.8 Å². The Balaban J connectivity index is 1.89. The number of benzene rings is 2. The zero-order valence-corrected chi connectivity index (χ0v) is 11.8. The van der Waals surface area contributed by atoms with E-state index in [0.717, 1.165) is 10.8 Å². The number of urea groups is 2. The predicted octanol–water partition coefficient (Wildman–Crippen LogP) is 1.55. The first kappa shape index (κ1) is 15.3. The topological polar surface area (TPSA) is 113 Å². The molecule has 22 heavy (non-hydrogen) atoms. The van der Waals surface area contributed by atoms with Crippen LogP contribution in [0.2, 0.25) is 0 Å². The summed E-state index contributed by atoms with van der Waals surface area (Å²) >= 11 is 0. The monoisotopic (exact) mass is 300 g/mol. The lowest BCUT2D eigenvalue weighted by molar-refractivity contribution is -0.119. The average Bonchev–Trinajstić information content (AvgIpc) is 2.47. The summed E-state index contributed by atoms with van der Waals surface area (Å²) in [6.45, 7) is 0.0930. The zero-order valence-electron chi connectivity index (χ0n) is 11.8. The summed E-state index contributed by atoms with van der Waals surface area (Å²) < 4.78 is 0. The molecule has 0 saturated carbocycles. The largest absolute Gasteiger partial charge is 0.351 e. The Hall–Kier alpha value is -3.09. The summed E-state index contributed by atoms with van der Waals surface area (Å²) in [5.74, 6) is -0.544. The fourth-order valence-electron chi connectivity index (χ4n) is 1.99. The number of imide groups is 1. The van der Waals surface area contributed by atoms with Gasteiger partial charge in [-0.25, -0.2) is 9.59 Å². The number of hydrogen-bond acceptors (Lipinski definition) is 3. The quantitative estimate of drug-likeness (QED) is 0.687. The second kappa shape index (κ2) is 7.07. The van der Waals surface area contributed by atoms with E-state index in [4.69, 9.17) is 5.73 Å². The van der Waals surface area contributed by atoms with E-state index >= 15 is 0 Å². The van der Waals surface area contributed by atoms with Gasteiger partial charge in [-0.15, -0.1) is 0 Å². The maximum atomic E-state index is 11.8. The molecule has 2 aromatic rings. The van der Waals surface area contributed by atoms with Crippen LogP contribution in [0.4, 0.5) is 15.3 Å². The molecule has 0 saturated heterocycles. The number of fused-ring (bicyclic) bond motifs is 1. The molecule has 0 radical (unpaired) electrons. The van der Waals surface area contributed by atoms with Crippen LogP contribution in [-0.2, 0) is 4.79 Å². The molecule has 0 spiro atoms. The van der Waals surface area contributed by atoms with Gasteiger partial charge in [0, 0.05) is 18.4 Å². The van der Waals surface area contributed by atoms with Crippen molar-refractivity contribution in [1.82, 2.24) is 10.6 Å². The fraction of sp³-hybridized carbons (Fsp3) is 0.133. The molecule has 0 unspecified atom stereocenters. The number of nitrogens with one attached hydrogen (secondary N) is 3. The summed E-state index contributed by atoms with van der Waals surface area (Å²) in [5, 5.41) is 9.12. The normalized spacial score (nSPS) is 10.0. The fourth-order valence-corrected chi connectivity index (χ4v) is 1.99. The molecular formula is C15H16N4O3. The van der Waals surface area contributed by atoms with Gasteiger partial charge < -0.3 is 16.4 Å². The van der Waals surface area contributed by atoms with Crippen molar-refractivity contribution >= 4 is 34.4 Å². The Morgan fingerprint density at radius 2 is 1.73 bits per heavy atom. The van der Waals surface area contributed by atoms with Crippen LogP contribution in [0.1, 0.15) is 6.42 Å². The molecule has 0 aliphatic carbocycles. The Morgan fingerprint density at radius 3 is 2.50 bits per heavy atom. The Morgan fingerprint density at radius 1 is 1.00 bits per heavy atom. The van der Waals surface area contributed by atoms with Gasteiger partial charge in [-0.05, 0) is 11.5 Å². The molecule has 0 aromatic heterocycles. The van der Waals surface area contributed by atoms with Crippen LogP contribution >= 0.6 is 0 Å². The van der Waals surface area contributed by atoms with Gasteiger partial charge in [0.2, 0.25) is 5.91 Å². The first-order valence-corrected chi connectivity index (χ1v) is 6.68. The summed E-state index contributed by atoms with van der Waals surface area (Å²) in [5.41, 5.74) is 5.49. The molecular weight excluding hydrogens is 284 g/mol. The van der Waals surface area contributed by atoms with E-state index in [2.05, 4.69) is 10.6 Å². The minimum Gasteiger partial charge on any atom is -0.351 e. The van der Waals surface area contributed by atoms with Crippen molar-refractivity contribution in [2.75, 3.05) is 11.9 Å². The second-order valence-corrected chi connectivity index (χ2v) is 4.57. The highest BCUT2D eigenvalue weighted by molar-refractivity contribution is 6.01. The number of amides is 5. The number of carbonyl (C=O) groups is 3. The minimum absolute atomic E-state index is 0.0358. The van der Waals surface area contributed by atoms with Crippen molar-refractivity contribution in [3.05, 3.63) is 42.5 Å². The van der Waals surface area contributed by atoms with Crippen LogP contribution in [-0.4, -0.2) is 24.5 Å². The van der Waals surface area contributed by atoms with Crippen LogP contribution in [0.15, 0.2) is 42.5 Å². The highest BCUT2D eigenvalue weighted by Crippen LogP contribution is 2.22. The molecule has 5 N–H and O–H groups in total. The maximum Gasteiger partial charge on any atom is 0.319 e. The molecule has 0 aliphatic rings. The van der Waals surface area contributed by atoms with Crippen LogP contribution < -0.4 is 21.7 Å². The highest BCUT2D eigenvalue weighted by atomic mass is 16.2. The number of hydrogen-bond donors (Lipinski definition) is 4. The molecule has 0 aliphatic heterocycles. The number of nitrogens with two attached hydrogens (primary N) is 1. The predicted molar refractivity (Wildman–Crippen MR) is 83.3 cm³/mol. The standard InChI is InChI=1S/C15H16N4O3/c16-14(21)19-13(20)8-9-17-15(22)18-12-7-3-5-10-4-1-2-6-11(10)12/h1-7H,8-9H2,(H2,17,18,22)(H3,16,19,20,21). The van der Waals surface area contributed by atoms with Gasteiger partial charge in [0.25, 0.3) is 0 Å².